The van der Waals surface area contributed by atoms with Crippen molar-refractivity contribution in [3.63, 3.8) is 0 Å². The lowest BCUT2D eigenvalue weighted by atomic mass is 9.83. The fourth-order valence-electron chi connectivity index (χ4n) is 18.6. The van der Waals surface area contributed by atoms with Crippen molar-refractivity contribution < 1.29 is 19.1 Å². The average molecular weight is 1580 g/mol. The lowest BCUT2D eigenvalue weighted by Gasteiger charge is -2.24. The summed E-state index contributed by atoms with van der Waals surface area (Å²) in [5, 5.41) is 14.8. The van der Waals surface area contributed by atoms with Gasteiger partial charge in [0.25, 0.3) is 11.8 Å². The molecule has 110 heavy (non-hydrogen) atoms. The molecule has 7 nitrogen and oxygen atoms in total. The monoisotopic (exact) mass is 1570 g/mol. The Hall–Kier alpha value is -5.50. The number of thiophene rings is 5. The molecular weight excluding hydrogens is 1440 g/mol. The number of hydrogen-bond acceptors (Lipinski definition) is 11. The molecule has 0 aliphatic carbocycles. The highest BCUT2D eigenvalue weighted by Crippen LogP contribution is 2.58. The van der Waals surface area contributed by atoms with Gasteiger partial charge in [0.05, 0.1) is 55.9 Å². The number of rotatable bonds is 55. The fraction of sp³-hybridized carbons (Fsp3) is 0.592. The quantitative estimate of drug-likeness (QED) is 0.0164. The molecule has 0 N–H and O–H groups in total. The van der Waals surface area contributed by atoms with Crippen molar-refractivity contribution in [2.75, 3.05) is 19.8 Å². The Bertz CT molecular complexity index is 4850. The van der Waals surface area contributed by atoms with Crippen LogP contribution in [0.3, 0.4) is 0 Å². The van der Waals surface area contributed by atoms with Crippen molar-refractivity contribution in [1.29, 1.82) is 0 Å². The van der Waals surface area contributed by atoms with Gasteiger partial charge in [0, 0.05) is 88.3 Å². The van der Waals surface area contributed by atoms with E-state index in [1.54, 1.807) is 38.9 Å². The van der Waals surface area contributed by atoms with E-state index < -0.39 is 0 Å². The predicted molar refractivity (Wildman–Crippen MR) is 485 cm³/mol. The molecule has 1 aliphatic heterocycles. The van der Waals surface area contributed by atoms with Crippen molar-refractivity contribution in [2.24, 2.45) is 17.8 Å². The first-order chi connectivity index (χ1) is 54.1. The van der Waals surface area contributed by atoms with Crippen molar-refractivity contribution in [3.8, 4) is 41.0 Å². The van der Waals surface area contributed by atoms with Crippen molar-refractivity contribution >= 4 is 154 Å². The predicted octanol–water partition coefficient (Wildman–Crippen LogP) is 33.4. The third kappa shape index (κ3) is 19.2. The lowest BCUT2D eigenvalue weighted by molar-refractivity contribution is 0.0624. The number of pyridine rings is 2. The van der Waals surface area contributed by atoms with Gasteiger partial charge in [-0.2, -0.15) is 0 Å². The van der Waals surface area contributed by atoms with Crippen LogP contribution < -0.4 is 9.47 Å². The standard InChI is InChI=1S/C98H131N3O4S5/c1-9-15-20-24-28-32-34-38-42-46-51-69(49-44-40-36-30-26-22-17-11-3)64-104-95-87-85-81-71(73-61-67(8)107-91(73)87)54-56-75-83(81)86-82-72(55-57-76(99-95)84(82)85)74-62-80(77-59-60-79(108-77)94-90-89(93(110-94)78-58-53-66(7)106-78)97(102)101(98(90)103)63-68(14-6)48-19-13-5)109-92(74)88(86)96(100-75)105-65-70(50-45-41-37-31-27-23-18-12-4)52-47-43-39-35-33-29-25-21-16-10-2/h53-62,68-70H,9-52,63-65H2,1-8H3. The minimum Gasteiger partial charge on any atom is -0.477 e. The Labute approximate surface area is 680 Å². The number of fused-ring (bicyclic) bond motifs is 7. The van der Waals surface area contributed by atoms with E-state index in [0.29, 0.717) is 42.7 Å². The Morgan fingerprint density at radius 3 is 1.13 bits per heavy atom. The maximum atomic E-state index is 15.0. The number of nitrogens with zero attached hydrogens (tertiary/aromatic N) is 3. The number of unbranched alkanes of at least 4 members (excludes halogenated alkanes) is 33. The molecule has 12 aromatic rings. The molecule has 0 saturated carbocycles. The van der Waals surface area contributed by atoms with Gasteiger partial charge in [-0.15, -0.1) is 56.7 Å². The van der Waals surface area contributed by atoms with Crippen LogP contribution in [0.1, 0.15) is 355 Å². The summed E-state index contributed by atoms with van der Waals surface area (Å²) in [6.07, 6.45) is 57.0. The van der Waals surface area contributed by atoms with Crippen LogP contribution in [0, 0.1) is 31.6 Å². The second-order valence-corrected chi connectivity index (χ2v) is 39.3. The van der Waals surface area contributed by atoms with Gasteiger partial charge in [-0.3, -0.25) is 14.5 Å². The molecule has 12 heteroatoms. The van der Waals surface area contributed by atoms with Crippen molar-refractivity contribution in [3.05, 3.63) is 81.5 Å². The Morgan fingerprint density at radius 2 is 0.709 bits per heavy atom. The molecule has 3 unspecified atom stereocenters. The summed E-state index contributed by atoms with van der Waals surface area (Å²) < 4.78 is 17.6. The SMILES string of the molecule is CCCCCCCCCCCCC(CCCCCCCCCC)COc1nc2ccc3c4cc(-c5ccc(-c6sc(-c7ccc(C)s7)c7c6C(=O)N(CC(CC)CCCC)C7=O)s5)sc4c4c(OCC(CCCCCCCCCC)CCCCCCCCCCCC)nc5ccc6c7cc(C)sc7c1c1c2c3c4c5c61. The molecule has 13 rings (SSSR count). The number of benzene rings is 5. The van der Waals surface area contributed by atoms with E-state index in [4.69, 9.17) is 19.4 Å². The molecule has 0 spiro atoms. The maximum absolute atomic E-state index is 15.0. The number of imide groups is 1. The number of carbonyl (C=O) groups is 2. The van der Waals surface area contributed by atoms with E-state index in [9.17, 15) is 4.79 Å². The Kier molecular flexibility index (Phi) is 30.9. The zero-order valence-electron chi connectivity index (χ0n) is 68.8. The van der Waals surface area contributed by atoms with Gasteiger partial charge < -0.3 is 9.47 Å². The van der Waals surface area contributed by atoms with Gasteiger partial charge in [-0.05, 0) is 123 Å². The van der Waals surface area contributed by atoms with Crippen LogP contribution in [0.4, 0.5) is 0 Å². The first-order valence-corrected chi connectivity index (χ1v) is 48.9. The Morgan fingerprint density at radius 1 is 0.327 bits per heavy atom. The molecule has 2 amide bonds. The zero-order valence-corrected chi connectivity index (χ0v) is 72.8. The molecular formula is C98H131N3O4S5. The molecule has 0 radical (unpaired) electrons. The summed E-state index contributed by atoms with van der Waals surface area (Å²) >= 11 is 8.85. The highest BCUT2D eigenvalue weighted by molar-refractivity contribution is 7.30. The average Bonchev–Trinajstić information content (AvgIpc) is 0.934. The van der Waals surface area contributed by atoms with E-state index in [0.717, 1.165) is 83.6 Å². The lowest BCUT2D eigenvalue weighted by Crippen LogP contribution is -2.34. The summed E-state index contributed by atoms with van der Waals surface area (Å²) in [6, 6.07) is 23.1. The number of aromatic nitrogens is 2. The molecule has 592 valence electrons. The van der Waals surface area contributed by atoms with E-state index in [-0.39, 0.29) is 17.7 Å². The number of ether oxygens (including phenoxy) is 2. The second-order valence-electron chi connectivity index (χ2n) is 33.6. The van der Waals surface area contributed by atoms with E-state index in [2.05, 4.69) is 116 Å². The fourth-order valence-corrected chi connectivity index (χ4v) is 24.4. The summed E-state index contributed by atoms with van der Waals surface area (Å²) in [7, 11) is 0. The molecule has 0 fully saturated rings. The summed E-state index contributed by atoms with van der Waals surface area (Å²) in [5.74, 6) is 2.45. The van der Waals surface area contributed by atoms with Gasteiger partial charge in [0.15, 0.2) is 0 Å². The molecule has 0 bridgehead atoms. The van der Waals surface area contributed by atoms with Crippen LogP contribution in [-0.4, -0.2) is 46.4 Å². The van der Waals surface area contributed by atoms with E-state index >= 15 is 4.79 Å². The molecule has 3 atom stereocenters. The second kappa shape index (κ2) is 41.2. The van der Waals surface area contributed by atoms with Crippen molar-refractivity contribution in [1.82, 2.24) is 14.9 Å². The highest BCUT2D eigenvalue weighted by atomic mass is 32.1. The van der Waals surface area contributed by atoms with Gasteiger partial charge in [-0.25, -0.2) is 9.97 Å². The number of hydrogen-bond donors (Lipinski definition) is 0. The summed E-state index contributed by atoms with van der Waals surface area (Å²) in [6.45, 7) is 19.9. The topological polar surface area (TPSA) is 81.6 Å². The third-order valence-corrected chi connectivity index (χ3v) is 31.0. The first-order valence-electron chi connectivity index (χ1n) is 44.8. The minimum atomic E-state index is -0.140. The van der Waals surface area contributed by atoms with Gasteiger partial charge in [-0.1, -0.05) is 304 Å². The van der Waals surface area contributed by atoms with Crippen molar-refractivity contribution in [2.45, 2.75) is 338 Å². The molecule has 0 saturated heterocycles. The number of amides is 2. The van der Waals surface area contributed by atoms with Crippen LogP contribution in [0.15, 0.2) is 60.7 Å². The largest absolute Gasteiger partial charge is 0.477 e. The van der Waals surface area contributed by atoms with E-state index in [1.807, 2.05) is 22.7 Å². The van der Waals surface area contributed by atoms with Crippen LogP contribution in [0.5, 0.6) is 11.8 Å². The highest BCUT2D eigenvalue weighted by Gasteiger charge is 2.44. The number of aryl methyl sites for hydroxylation is 2. The molecule has 7 aromatic heterocycles. The van der Waals surface area contributed by atoms with E-state index in [1.165, 1.54) is 335 Å². The molecule has 5 aromatic carbocycles. The zero-order chi connectivity index (χ0) is 76.3. The first kappa shape index (κ1) is 82.5. The van der Waals surface area contributed by atoms with Gasteiger partial charge in [0.2, 0.25) is 11.8 Å². The third-order valence-electron chi connectivity index (χ3n) is 25.0. The molecule has 1 aliphatic rings. The Balaban J connectivity index is 0.902. The summed E-state index contributed by atoms with van der Waals surface area (Å²) in [5.41, 5.74) is 3.16. The summed E-state index contributed by atoms with van der Waals surface area (Å²) in [4.78, 5) is 51.9. The van der Waals surface area contributed by atoms with Crippen LogP contribution in [-0.2, 0) is 0 Å². The minimum absolute atomic E-state index is 0.135. The van der Waals surface area contributed by atoms with Crippen LogP contribution in [0.25, 0.3) is 114 Å². The van der Waals surface area contributed by atoms with Crippen LogP contribution >= 0.6 is 56.7 Å². The maximum Gasteiger partial charge on any atom is 0.263 e. The van der Waals surface area contributed by atoms with Gasteiger partial charge in [0.1, 0.15) is 0 Å². The van der Waals surface area contributed by atoms with Gasteiger partial charge >= 0.3 is 0 Å². The smallest absolute Gasteiger partial charge is 0.263 e. The van der Waals surface area contributed by atoms with Crippen LogP contribution in [0.2, 0.25) is 0 Å². The molecule has 8 heterocycles. The number of carbonyl (C=O) groups excluding carboxylic acids is 2. The normalized spacial score (nSPS) is 13.8.